The van der Waals surface area contributed by atoms with Gasteiger partial charge in [0.2, 0.25) is 0 Å². The average Bonchev–Trinajstić information content (AvgIpc) is 2.27. The Balaban J connectivity index is 2.31. The van der Waals surface area contributed by atoms with Gasteiger partial charge in [0.1, 0.15) is 5.54 Å². The van der Waals surface area contributed by atoms with Crippen molar-refractivity contribution in [3.05, 3.63) is 0 Å². The van der Waals surface area contributed by atoms with Crippen molar-refractivity contribution in [2.24, 2.45) is 5.73 Å². The van der Waals surface area contributed by atoms with Crippen LogP contribution in [0, 0.1) is 0 Å². The van der Waals surface area contributed by atoms with Crippen LogP contribution in [-0.2, 0) is 14.3 Å². The van der Waals surface area contributed by atoms with Crippen molar-refractivity contribution in [1.29, 1.82) is 0 Å². The Morgan fingerprint density at radius 1 is 1.40 bits per heavy atom. The monoisotopic (exact) mass is 215 g/mol. The molecule has 2 N–H and O–H groups in total. The highest BCUT2D eigenvalue weighted by atomic mass is 16.5. The second-order valence-electron chi connectivity index (χ2n) is 4.48. The molecule has 1 atom stereocenters. The maximum absolute atomic E-state index is 11.3. The maximum Gasteiger partial charge on any atom is 0.327 e. The van der Waals surface area contributed by atoms with Gasteiger partial charge in [-0.05, 0) is 19.8 Å². The van der Waals surface area contributed by atoms with Gasteiger partial charge in [-0.2, -0.15) is 0 Å². The molecule has 0 saturated heterocycles. The number of hydrogen-bond acceptors (Lipinski definition) is 4. The number of rotatable bonds is 4. The minimum absolute atomic E-state index is 0.240. The molecule has 1 aliphatic carbocycles. The summed E-state index contributed by atoms with van der Waals surface area (Å²) in [7, 11) is 1.34. The highest BCUT2D eigenvalue weighted by Gasteiger charge is 2.31. The Kier molecular flexibility index (Phi) is 4.54. The summed E-state index contributed by atoms with van der Waals surface area (Å²) in [6, 6.07) is 0. The summed E-state index contributed by atoms with van der Waals surface area (Å²) in [6.07, 6.45) is 6.14. The van der Waals surface area contributed by atoms with Crippen LogP contribution in [0.4, 0.5) is 0 Å². The molecule has 0 spiro atoms. The summed E-state index contributed by atoms with van der Waals surface area (Å²) in [5, 5.41) is 0. The summed E-state index contributed by atoms with van der Waals surface area (Å²) >= 11 is 0. The molecule has 0 aromatic carbocycles. The third-order valence-electron chi connectivity index (χ3n) is 2.82. The summed E-state index contributed by atoms with van der Waals surface area (Å²) in [5.41, 5.74) is 4.77. The minimum atomic E-state index is -1.02. The minimum Gasteiger partial charge on any atom is -0.468 e. The zero-order valence-corrected chi connectivity index (χ0v) is 9.62. The van der Waals surface area contributed by atoms with Gasteiger partial charge >= 0.3 is 5.97 Å². The van der Waals surface area contributed by atoms with Gasteiger partial charge in [0.05, 0.1) is 19.8 Å². The molecule has 0 amide bonds. The first-order valence-corrected chi connectivity index (χ1v) is 5.55. The zero-order valence-electron chi connectivity index (χ0n) is 9.62. The fourth-order valence-corrected chi connectivity index (χ4v) is 1.81. The molecule has 1 fully saturated rings. The first kappa shape index (κ1) is 12.5. The van der Waals surface area contributed by atoms with Crippen LogP contribution in [0.25, 0.3) is 0 Å². The summed E-state index contributed by atoms with van der Waals surface area (Å²) in [5.74, 6) is -0.418. The topological polar surface area (TPSA) is 61.5 Å². The van der Waals surface area contributed by atoms with Gasteiger partial charge in [0, 0.05) is 0 Å². The van der Waals surface area contributed by atoms with Crippen LogP contribution >= 0.6 is 0 Å². The molecule has 1 unspecified atom stereocenters. The van der Waals surface area contributed by atoms with E-state index in [4.69, 9.17) is 10.5 Å². The molecule has 4 nitrogen and oxygen atoms in total. The molecular formula is C11H21NO3. The van der Waals surface area contributed by atoms with E-state index in [1.807, 2.05) is 0 Å². The van der Waals surface area contributed by atoms with E-state index < -0.39 is 11.5 Å². The largest absolute Gasteiger partial charge is 0.468 e. The van der Waals surface area contributed by atoms with Crippen LogP contribution in [0.2, 0.25) is 0 Å². The molecular weight excluding hydrogens is 194 g/mol. The lowest BCUT2D eigenvalue weighted by Gasteiger charge is -2.27. The molecule has 0 aromatic heterocycles. The molecule has 1 aliphatic rings. The van der Waals surface area contributed by atoms with Gasteiger partial charge in [-0.1, -0.05) is 19.3 Å². The van der Waals surface area contributed by atoms with E-state index in [9.17, 15) is 4.79 Å². The molecule has 0 bridgehead atoms. The van der Waals surface area contributed by atoms with Crippen molar-refractivity contribution >= 4 is 5.97 Å². The highest BCUT2D eigenvalue weighted by molar-refractivity contribution is 5.80. The van der Waals surface area contributed by atoms with Crippen molar-refractivity contribution in [1.82, 2.24) is 0 Å². The smallest absolute Gasteiger partial charge is 0.327 e. The van der Waals surface area contributed by atoms with E-state index in [1.54, 1.807) is 6.92 Å². The van der Waals surface area contributed by atoms with E-state index in [0.717, 1.165) is 12.8 Å². The number of methoxy groups -OCH3 is 1. The van der Waals surface area contributed by atoms with Crippen LogP contribution in [0.1, 0.15) is 39.0 Å². The van der Waals surface area contributed by atoms with E-state index in [1.165, 1.54) is 26.4 Å². The third-order valence-corrected chi connectivity index (χ3v) is 2.82. The van der Waals surface area contributed by atoms with Gasteiger partial charge in [0.25, 0.3) is 0 Å². The molecule has 0 aromatic rings. The molecule has 15 heavy (non-hydrogen) atoms. The summed E-state index contributed by atoms with van der Waals surface area (Å²) in [4.78, 5) is 11.3. The second-order valence-corrected chi connectivity index (χ2v) is 4.48. The Morgan fingerprint density at radius 2 is 2.00 bits per heavy atom. The van der Waals surface area contributed by atoms with Gasteiger partial charge in [-0.25, -0.2) is 4.79 Å². The Hall–Kier alpha value is -0.610. The molecule has 0 heterocycles. The third kappa shape index (κ3) is 3.80. The van der Waals surface area contributed by atoms with Crippen molar-refractivity contribution in [3.63, 3.8) is 0 Å². The average molecular weight is 215 g/mol. The Morgan fingerprint density at radius 3 is 2.53 bits per heavy atom. The van der Waals surface area contributed by atoms with Crippen LogP contribution in [0.5, 0.6) is 0 Å². The summed E-state index contributed by atoms with van der Waals surface area (Å²) < 4.78 is 10.3. The van der Waals surface area contributed by atoms with Gasteiger partial charge in [-0.15, -0.1) is 0 Å². The molecule has 0 aliphatic heterocycles. The maximum atomic E-state index is 11.3. The van der Waals surface area contributed by atoms with Gasteiger partial charge < -0.3 is 15.2 Å². The zero-order chi connectivity index (χ0) is 11.3. The Bertz CT molecular complexity index is 210. The summed E-state index contributed by atoms with van der Waals surface area (Å²) in [6.45, 7) is 1.88. The van der Waals surface area contributed by atoms with E-state index in [0.29, 0.717) is 0 Å². The van der Waals surface area contributed by atoms with Gasteiger partial charge in [0.15, 0.2) is 0 Å². The van der Waals surface area contributed by atoms with Crippen molar-refractivity contribution < 1.29 is 14.3 Å². The molecule has 0 radical (unpaired) electrons. The predicted molar refractivity (Wildman–Crippen MR) is 57.4 cm³/mol. The highest BCUT2D eigenvalue weighted by Crippen LogP contribution is 2.21. The van der Waals surface area contributed by atoms with Crippen LogP contribution in [0.3, 0.4) is 0 Å². The lowest BCUT2D eigenvalue weighted by molar-refractivity contribution is -0.150. The van der Waals surface area contributed by atoms with Crippen LogP contribution in [-0.4, -0.2) is 31.3 Å². The quantitative estimate of drug-likeness (QED) is 0.716. The van der Waals surface area contributed by atoms with Gasteiger partial charge in [-0.3, -0.25) is 0 Å². The van der Waals surface area contributed by atoms with Crippen LogP contribution in [0.15, 0.2) is 0 Å². The number of esters is 1. The number of nitrogens with two attached hydrogens (primary N) is 1. The molecule has 1 rings (SSSR count). The predicted octanol–water partition coefficient (Wildman–Crippen LogP) is 1.23. The SMILES string of the molecule is COC(=O)C(C)(N)COC1CCCCC1. The van der Waals surface area contributed by atoms with E-state index >= 15 is 0 Å². The van der Waals surface area contributed by atoms with Crippen molar-refractivity contribution in [2.75, 3.05) is 13.7 Å². The molecule has 4 heteroatoms. The lowest BCUT2D eigenvalue weighted by atomic mass is 9.97. The van der Waals surface area contributed by atoms with E-state index in [-0.39, 0.29) is 12.7 Å². The molecule has 88 valence electrons. The number of hydrogen-bond donors (Lipinski definition) is 1. The fraction of sp³-hybridized carbons (Fsp3) is 0.909. The Labute approximate surface area is 91.1 Å². The first-order valence-electron chi connectivity index (χ1n) is 5.55. The van der Waals surface area contributed by atoms with Crippen LogP contribution < -0.4 is 5.73 Å². The second kappa shape index (κ2) is 5.47. The first-order chi connectivity index (χ1) is 7.06. The number of carbonyl (C=O) groups is 1. The molecule has 1 saturated carbocycles. The van der Waals surface area contributed by atoms with Crippen molar-refractivity contribution in [2.45, 2.75) is 50.7 Å². The fourth-order valence-electron chi connectivity index (χ4n) is 1.81. The van der Waals surface area contributed by atoms with E-state index in [2.05, 4.69) is 4.74 Å². The number of carbonyl (C=O) groups excluding carboxylic acids is 1. The standard InChI is InChI=1S/C11H21NO3/c1-11(12,10(13)14-2)8-15-9-6-4-3-5-7-9/h9H,3-8,12H2,1-2H3. The normalized spacial score (nSPS) is 22.1. The number of ether oxygens (including phenoxy) is 2. The lowest BCUT2D eigenvalue weighted by Crippen LogP contribution is -2.50. The van der Waals surface area contributed by atoms with Crippen molar-refractivity contribution in [3.8, 4) is 0 Å².